The summed E-state index contributed by atoms with van der Waals surface area (Å²) in [5.41, 5.74) is 6.77. The van der Waals surface area contributed by atoms with Gasteiger partial charge in [0.1, 0.15) is 0 Å². The lowest BCUT2D eigenvalue weighted by atomic mass is 9.94. The van der Waals surface area contributed by atoms with Gasteiger partial charge in [-0.3, -0.25) is 4.98 Å². The molecule has 78 valence electrons. The molecular weight excluding hydrogens is 244 g/mol. The minimum atomic E-state index is 0.0100. The maximum Gasteiger partial charge on any atom is 0.0451 e. The number of aromatic nitrogens is 1. The molecule has 1 aromatic heterocycles. The molecule has 0 amide bonds. The van der Waals surface area contributed by atoms with Gasteiger partial charge in [-0.2, -0.15) is 0 Å². The number of hydrogen-bond acceptors (Lipinski definition) is 3. The fourth-order valence-corrected chi connectivity index (χ4v) is 1.66. The summed E-state index contributed by atoms with van der Waals surface area (Å²) in [5, 5.41) is 8.91. The number of hydrogen-bond donors (Lipinski definition) is 2. The number of aliphatic hydroxyl groups is 1. The van der Waals surface area contributed by atoms with E-state index in [1.807, 2.05) is 19.1 Å². The van der Waals surface area contributed by atoms with Crippen LogP contribution in [0.3, 0.4) is 0 Å². The maximum atomic E-state index is 8.91. The molecule has 3 nitrogen and oxygen atoms in total. The van der Waals surface area contributed by atoms with Crippen molar-refractivity contribution in [3.63, 3.8) is 0 Å². The van der Waals surface area contributed by atoms with Gasteiger partial charge in [-0.05, 0) is 41.4 Å². The SMILES string of the molecule is CC(N)C(CCO)c1ccc(Br)cn1. The summed E-state index contributed by atoms with van der Waals surface area (Å²) in [6.45, 7) is 2.08. The Morgan fingerprint density at radius 3 is 2.71 bits per heavy atom. The highest BCUT2D eigenvalue weighted by Crippen LogP contribution is 2.21. The number of rotatable bonds is 4. The van der Waals surface area contributed by atoms with Crippen LogP contribution in [-0.4, -0.2) is 22.7 Å². The zero-order valence-electron chi connectivity index (χ0n) is 8.15. The smallest absolute Gasteiger partial charge is 0.0451 e. The minimum Gasteiger partial charge on any atom is -0.396 e. The second-order valence-electron chi connectivity index (χ2n) is 3.38. The highest BCUT2D eigenvalue weighted by atomic mass is 79.9. The Morgan fingerprint density at radius 1 is 1.57 bits per heavy atom. The Morgan fingerprint density at radius 2 is 2.29 bits per heavy atom. The van der Waals surface area contributed by atoms with Gasteiger partial charge < -0.3 is 10.8 Å². The zero-order chi connectivity index (χ0) is 10.6. The summed E-state index contributed by atoms with van der Waals surface area (Å²) in [6.07, 6.45) is 2.41. The average Bonchev–Trinajstić information content (AvgIpc) is 2.15. The van der Waals surface area contributed by atoms with E-state index in [1.165, 1.54) is 0 Å². The van der Waals surface area contributed by atoms with Crippen LogP contribution in [0.25, 0.3) is 0 Å². The molecule has 0 aromatic carbocycles. The summed E-state index contributed by atoms with van der Waals surface area (Å²) in [7, 11) is 0. The van der Waals surface area contributed by atoms with Crippen LogP contribution in [0.4, 0.5) is 0 Å². The molecular formula is C10H15BrN2O. The maximum absolute atomic E-state index is 8.91. The zero-order valence-corrected chi connectivity index (χ0v) is 9.74. The fraction of sp³-hybridized carbons (Fsp3) is 0.500. The largest absolute Gasteiger partial charge is 0.396 e. The van der Waals surface area contributed by atoms with Crippen LogP contribution in [0.2, 0.25) is 0 Å². The van der Waals surface area contributed by atoms with Crippen molar-refractivity contribution in [3.8, 4) is 0 Å². The molecule has 3 N–H and O–H groups in total. The van der Waals surface area contributed by atoms with Crippen molar-refractivity contribution in [2.45, 2.75) is 25.3 Å². The monoisotopic (exact) mass is 258 g/mol. The van der Waals surface area contributed by atoms with E-state index in [2.05, 4.69) is 20.9 Å². The van der Waals surface area contributed by atoms with E-state index in [0.29, 0.717) is 6.42 Å². The van der Waals surface area contributed by atoms with E-state index in [1.54, 1.807) is 6.20 Å². The van der Waals surface area contributed by atoms with Gasteiger partial charge in [0.05, 0.1) is 0 Å². The van der Waals surface area contributed by atoms with E-state index in [-0.39, 0.29) is 18.6 Å². The molecule has 0 spiro atoms. The standard InChI is InChI=1S/C10H15BrN2O/c1-7(12)9(4-5-14)10-3-2-8(11)6-13-10/h2-3,6-7,9,14H,4-5,12H2,1H3. The lowest BCUT2D eigenvalue weighted by molar-refractivity contribution is 0.268. The van der Waals surface area contributed by atoms with Crippen molar-refractivity contribution in [2.75, 3.05) is 6.61 Å². The predicted octanol–water partition coefficient (Wildman–Crippen LogP) is 1.66. The Labute approximate surface area is 92.5 Å². The first kappa shape index (κ1) is 11.6. The average molecular weight is 259 g/mol. The van der Waals surface area contributed by atoms with E-state index in [9.17, 15) is 0 Å². The number of pyridine rings is 1. The minimum absolute atomic E-state index is 0.0100. The molecule has 14 heavy (non-hydrogen) atoms. The van der Waals surface area contributed by atoms with Crippen molar-refractivity contribution >= 4 is 15.9 Å². The van der Waals surface area contributed by atoms with E-state index in [4.69, 9.17) is 10.8 Å². The Balaban J connectivity index is 2.82. The molecule has 0 fully saturated rings. The molecule has 1 aromatic rings. The van der Waals surface area contributed by atoms with Crippen molar-refractivity contribution in [3.05, 3.63) is 28.5 Å². The topological polar surface area (TPSA) is 59.1 Å². The van der Waals surface area contributed by atoms with Gasteiger partial charge in [0, 0.05) is 34.9 Å². The van der Waals surface area contributed by atoms with Gasteiger partial charge in [0.25, 0.3) is 0 Å². The molecule has 0 radical (unpaired) electrons. The number of aliphatic hydroxyl groups excluding tert-OH is 1. The molecule has 0 bridgehead atoms. The molecule has 2 atom stereocenters. The van der Waals surface area contributed by atoms with Gasteiger partial charge in [-0.1, -0.05) is 0 Å². The highest BCUT2D eigenvalue weighted by molar-refractivity contribution is 9.10. The van der Waals surface area contributed by atoms with Crippen molar-refractivity contribution in [1.29, 1.82) is 0 Å². The lowest BCUT2D eigenvalue weighted by Crippen LogP contribution is -2.26. The van der Waals surface area contributed by atoms with Crippen LogP contribution < -0.4 is 5.73 Å². The van der Waals surface area contributed by atoms with Gasteiger partial charge in [-0.15, -0.1) is 0 Å². The van der Waals surface area contributed by atoms with Crippen molar-refractivity contribution < 1.29 is 5.11 Å². The summed E-state index contributed by atoms with van der Waals surface area (Å²) >= 11 is 3.33. The Bertz CT molecular complexity index is 274. The van der Waals surface area contributed by atoms with Crippen LogP contribution in [0.5, 0.6) is 0 Å². The predicted molar refractivity (Wildman–Crippen MR) is 60.0 cm³/mol. The van der Waals surface area contributed by atoms with E-state index < -0.39 is 0 Å². The number of nitrogens with zero attached hydrogens (tertiary/aromatic N) is 1. The first-order valence-corrected chi connectivity index (χ1v) is 5.42. The van der Waals surface area contributed by atoms with Crippen molar-refractivity contribution in [2.24, 2.45) is 5.73 Å². The van der Waals surface area contributed by atoms with Gasteiger partial charge in [-0.25, -0.2) is 0 Å². The highest BCUT2D eigenvalue weighted by Gasteiger charge is 2.16. The van der Waals surface area contributed by atoms with Gasteiger partial charge in [0.2, 0.25) is 0 Å². The second-order valence-corrected chi connectivity index (χ2v) is 4.29. The Kier molecular flexibility index (Phi) is 4.51. The van der Waals surface area contributed by atoms with Crippen LogP contribution in [0, 0.1) is 0 Å². The Hall–Kier alpha value is -0.450. The second kappa shape index (κ2) is 5.44. The van der Waals surface area contributed by atoms with E-state index >= 15 is 0 Å². The summed E-state index contributed by atoms with van der Waals surface area (Å²) in [5.74, 6) is 0.132. The van der Waals surface area contributed by atoms with Crippen LogP contribution in [-0.2, 0) is 0 Å². The molecule has 1 heterocycles. The van der Waals surface area contributed by atoms with E-state index in [0.717, 1.165) is 10.2 Å². The van der Waals surface area contributed by atoms with Crippen LogP contribution in [0.1, 0.15) is 25.0 Å². The molecule has 2 unspecified atom stereocenters. The molecule has 4 heteroatoms. The summed E-state index contributed by atoms with van der Waals surface area (Å²) in [6, 6.07) is 3.89. The third kappa shape index (κ3) is 3.04. The first-order valence-electron chi connectivity index (χ1n) is 4.63. The van der Waals surface area contributed by atoms with Gasteiger partial charge >= 0.3 is 0 Å². The number of halogens is 1. The third-order valence-corrected chi connectivity index (χ3v) is 2.67. The van der Waals surface area contributed by atoms with Crippen LogP contribution in [0.15, 0.2) is 22.8 Å². The summed E-state index contributed by atoms with van der Waals surface area (Å²) in [4.78, 5) is 4.28. The fourth-order valence-electron chi connectivity index (χ4n) is 1.43. The van der Waals surface area contributed by atoms with Crippen LogP contribution >= 0.6 is 15.9 Å². The molecule has 0 aliphatic heterocycles. The quantitative estimate of drug-likeness (QED) is 0.864. The normalized spacial score (nSPS) is 15.1. The molecule has 0 saturated carbocycles. The van der Waals surface area contributed by atoms with Gasteiger partial charge in [0.15, 0.2) is 0 Å². The lowest BCUT2D eigenvalue weighted by Gasteiger charge is -2.18. The molecule has 0 aliphatic carbocycles. The molecule has 0 aliphatic rings. The molecule has 0 saturated heterocycles. The van der Waals surface area contributed by atoms with Crippen molar-refractivity contribution in [1.82, 2.24) is 4.98 Å². The third-order valence-electron chi connectivity index (χ3n) is 2.20. The molecule has 1 rings (SSSR count). The first-order chi connectivity index (χ1) is 6.65. The number of nitrogens with two attached hydrogens (primary N) is 1. The summed E-state index contributed by atoms with van der Waals surface area (Å²) < 4.78 is 0.952.